The Morgan fingerprint density at radius 3 is 2.68 bits per heavy atom. The Balaban J connectivity index is 2.29. The third-order valence-electron chi connectivity index (χ3n) is 2.74. The van der Waals surface area contributed by atoms with Gasteiger partial charge in [0.2, 0.25) is 0 Å². The summed E-state index contributed by atoms with van der Waals surface area (Å²) < 4.78 is 0. The Labute approximate surface area is 112 Å². The van der Waals surface area contributed by atoms with Crippen LogP contribution < -0.4 is 10.3 Å². The molecule has 4 nitrogen and oxygen atoms in total. The van der Waals surface area contributed by atoms with Crippen LogP contribution in [-0.4, -0.2) is 17.8 Å². The lowest BCUT2D eigenvalue weighted by atomic mass is 10.1. The fraction of sp³-hybridized carbons (Fsp3) is 0.200. The number of aliphatic hydroxyl groups excluding tert-OH is 1. The SMILES string of the molecule is C[C@H](O)CNc1[nH+]cc(-c2ccccc2)cc1C#N. The van der Waals surface area contributed by atoms with Gasteiger partial charge in [-0.3, -0.25) is 5.32 Å². The Morgan fingerprint density at radius 2 is 2.05 bits per heavy atom. The minimum absolute atomic E-state index is 0.399. The van der Waals surface area contributed by atoms with Crippen molar-refractivity contribution in [3.05, 3.63) is 48.2 Å². The summed E-state index contributed by atoms with van der Waals surface area (Å²) in [6.45, 7) is 2.09. The van der Waals surface area contributed by atoms with E-state index in [1.807, 2.05) is 42.6 Å². The summed E-state index contributed by atoms with van der Waals surface area (Å²) in [5, 5.41) is 21.4. The number of nitrogens with zero attached hydrogens (tertiary/aromatic N) is 1. The third-order valence-corrected chi connectivity index (χ3v) is 2.74. The average molecular weight is 254 g/mol. The van der Waals surface area contributed by atoms with E-state index in [1.165, 1.54) is 0 Å². The van der Waals surface area contributed by atoms with Gasteiger partial charge in [0.25, 0.3) is 5.82 Å². The largest absolute Gasteiger partial charge is 0.389 e. The van der Waals surface area contributed by atoms with E-state index in [0.29, 0.717) is 17.9 Å². The van der Waals surface area contributed by atoms with Crippen molar-refractivity contribution < 1.29 is 10.1 Å². The molecule has 0 fully saturated rings. The summed E-state index contributed by atoms with van der Waals surface area (Å²) >= 11 is 0. The fourth-order valence-corrected chi connectivity index (χ4v) is 1.78. The minimum atomic E-state index is -0.464. The quantitative estimate of drug-likeness (QED) is 0.874. The molecule has 0 spiro atoms. The van der Waals surface area contributed by atoms with Gasteiger partial charge in [-0.1, -0.05) is 30.3 Å². The maximum atomic E-state index is 9.25. The van der Waals surface area contributed by atoms with Crippen LogP contribution in [-0.2, 0) is 0 Å². The average Bonchev–Trinajstić information content (AvgIpc) is 2.45. The molecule has 0 aliphatic rings. The van der Waals surface area contributed by atoms with Crippen LogP contribution in [0, 0.1) is 11.3 Å². The van der Waals surface area contributed by atoms with Crippen molar-refractivity contribution in [1.82, 2.24) is 0 Å². The van der Waals surface area contributed by atoms with Gasteiger partial charge in [0.05, 0.1) is 12.3 Å². The van der Waals surface area contributed by atoms with Crippen molar-refractivity contribution in [2.75, 3.05) is 11.9 Å². The van der Waals surface area contributed by atoms with Gasteiger partial charge in [-0.05, 0) is 18.6 Å². The zero-order chi connectivity index (χ0) is 13.7. The molecule has 0 radical (unpaired) electrons. The van der Waals surface area contributed by atoms with Crippen molar-refractivity contribution in [1.29, 1.82) is 5.26 Å². The highest BCUT2D eigenvalue weighted by Gasteiger charge is 2.12. The van der Waals surface area contributed by atoms with E-state index in [4.69, 9.17) is 0 Å². The highest BCUT2D eigenvalue weighted by atomic mass is 16.3. The first-order chi connectivity index (χ1) is 9.20. The van der Waals surface area contributed by atoms with E-state index >= 15 is 0 Å². The van der Waals surface area contributed by atoms with Gasteiger partial charge >= 0.3 is 0 Å². The van der Waals surface area contributed by atoms with Crippen LogP contribution in [0.4, 0.5) is 5.82 Å². The molecule has 2 aromatic rings. The molecule has 1 atom stereocenters. The summed E-state index contributed by atoms with van der Waals surface area (Å²) in [4.78, 5) is 3.07. The number of aromatic nitrogens is 1. The second kappa shape index (κ2) is 5.98. The van der Waals surface area contributed by atoms with E-state index < -0.39 is 6.10 Å². The summed E-state index contributed by atoms with van der Waals surface area (Å²) in [6, 6.07) is 13.8. The highest BCUT2D eigenvalue weighted by Crippen LogP contribution is 2.20. The molecule has 0 saturated heterocycles. The number of hydrogen-bond acceptors (Lipinski definition) is 3. The van der Waals surface area contributed by atoms with Crippen LogP contribution in [0.15, 0.2) is 42.6 Å². The molecule has 2 rings (SSSR count). The molecule has 1 aromatic carbocycles. The monoisotopic (exact) mass is 254 g/mol. The van der Waals surface area contributed by atoms with Gasteiger partial charge < -0.3 is 5.11 Å². The van der Waals surface area contributed by atoms with Gasteiger partial charge in [-0.2, -0.15) is 5.26 Å². The van der Waals surface area contributed by atoms with Crippen molar-refractivity contribution >= 4 is 5.82 Å². The topological polar surface area (TPSA) is 70.2 Å². The number of rotatable bonds is 4. The number of aromatic amines is 1. The van der Waals surface area contributed by atoms with Crippen LogP contribution >= 0.6 is 0 Å². The van der Waals surface area contributed by atoms with Crippen LogP contribution in [0.5, 0.6) is 0 Å². The predicted molar refractivity (Wildman–Crippen MR) is 73.3 cm³/mol. The molecule has 96 valence electrons. The summed E-state index contributed by atoms with van der Waals surface area (Å²) in [7, 11) is 0. The number of nitriles is 1. The smallest absolute Gasteiger partial charge is 0.290 e. The first-order valence-electron chi connectivity index (χ1n) is 6.14. The van der Waals surface area contributed by atoms with E-state index in [1.54, 1.807) is 6.92 Å². The van der Waals surface area contributed by atoms with Gasteiger partial charge in [-0.15, -0.1) is 0 Å². The zero-order valence-electron chi connectivity index (χ0n) is 10.7. The van der Waals surface area contributed by atoms with Gasteiger partial charge in [0.15, 0.2) is 0 Å². The van der Waals surface area contributed by atoms with E-state index in [2.05, 4.69) is 16.4 Å². The molecule has 0 unspecified atom stereocenters. The molecular weight excluding hydrogens is 238 g/mol. The molecule has 0 saturated carbocycles. The van der Waals surface area contributed by atoms with E-state index in [0.717, 1.165) is 11.1 Å². The predicted octanol–water partition coefficient (Wildman–Crippen LogP) is 1.83. The maximum Gasteiger partial charge on any atom is 0.290 e. The van der Waals surface area contributed by atoms with Crippen molar-refractivity contribution in [2.24, 2.45) is 0 Å². The standard InChI is InChI=1S/C15H15N3O/c1-11(19)9-17-15-13(8-16)7-14(10-18-15)12-5-3-2-4-6-12/h2-7,10-11,19H,9H2,1H3,(H,17,18)/p+1/t11-/m0/s1. The molecule has 3 N–H and O–H groups in total. The summed E-state index contributed by atoms with van der Waals surface area (Å²) in [5.74, 6) is 0.628. The molecule has 0 amide bonds. The van der Waals surface area contributed by atoms with Crippen LogP contribution in [0.2, 0.25) is 0 Å². The molecule has 0 bridgehead atoms. The third kappa shape index (κ3) is 3.30. The Hall–Kier alpha value is -2.38. The molecular formula is C15H16N3O+. The molecule has 19 heavy (non-hydrogen) atoms. The second-order valence-corrected chi connectivity index (χ2v) is 4.38. The second-order valence-electron chi connectivity index (χ2n) is 4.38. The number of hydrogen-bond donors (Lipinski definition) is 2. The maximum absolute atomic E-state index is 9.25. The Bertz CT molecular complexity index is 588. The number of nitrogens with one attached hydrogen (secondary N) is 2. The number of aliphatic hydroxyl groups is 1. The van der Waals surface area contributed by atoms with Crippen molar-refractivity contribution in [3.8, 4) is 17.2 Å². The first-order valence-corrected chi connectivity index (χ1v) is 6.14. The van der Waals surface area contributed by atoms with E-state index in [9.17, 15) is 10.4 Å². The van der Waals surface area contributed by atoms with Gasteiger partial charge in [0, 0.05) is 5.56 Å². The van der Waals surface area contributed by atoms with Gasteiger partial charge in [-0.25, -0.2) is 4.98 Å². The van der Waals surface area contributed by atoms with Gasteiger partial charge in [0.1, 0.15) is 18.2 Å². The van der Waals surface area contributed by atoms with Crippen molar-refractivity contribution in [2.45, 2.75) is 13.0 Å². The summed E-state index contributed by atoms with van der Waals surface area (Å²) in [5.41, 5.74) is 2.54. The lowest BCUT2D eigenvalue weighted by Gasteiger charge is -2.05. The molecule has 1 heterocycles. The van der Waals surface area contributed by atoms with Crippen LogP contribution in [0.3, 0.4) is 0 Å². The fourth-order valence-electron chi connectivity index (χ4n) is 1.78. The lowest BCUT2D eigenvalue weighted by molar-refractivity contribution is -0.360. The molecule has 0 aliphatic heterocycles. The highest BCUT2D eigenvalue weighted by molar-refractivity contribution is 5.65. The number of anilines is 1. The van der Waals surface area contributed by atoms with Crippen molar-refractivity contribution in [3.63, 3.8) is 0 Å². The molecule has 4 heteroatoms. The summed E-state index contributed by atoms with van der Waals surface area (Å²) in [6.07, 6.45) is 1.38. The molecule has 0 aliphatic carbocycles. The Kier molecular flexibility index (Phi) is 4.11. The normalized spacial score (nSPS) is 11.6. The van der Waals surface area contributed by atoms with Crippen LogP contribution in [0.25, 0.3) is 11.1 Å². The molecule has 1 aromatic heterocycles. The number of benzene rings is 1. The first kappa shape index (κ1) is 13.1. The zero-order valence-corrected chi connectivity index (χ0v) is 10.7. The number of H-pyrrole nitrogens is 1. The minimum Gasteiger partial charge on any atom is -0.389 e. The lowest BCUT2D eigenvalue weighted by Crippen LogP contribution is -2.22. The van der Waals surface area contributed by atoms with E-state index in [-0.39, 0.29) is 0 Å². The van der Waals surface area contributed by atoms with Crippen LogP contribution in [0.1, 0.15) is 12.5 Å². The Morgan fingerprint density at radius 1 is 1.32 bits per heavy atom. The number of pyridine rings is 1.